The predicted octanol–water partition coefficient (Wildman–Crippen LogP) is 2.08. The zero-order valence-corrected chi connectivity index (χ0v) is 6.58. The fourth-order valence-electron chi connectivity index (χ4n) is 1.08. The number of pyridine rings is 2. The lowest BCUT2D eigenvalue weighted by atomic mass is 10.2. The highest BCUT2D eigenvalue weighted by Crippen LogP contribution is 2.10. The van der Waals surface area contributed by atoms with Crippen LogP contribution in [0, 0.1) is 12.7 Å². The quantitative estimate of drug-likeness (QED) is 0.592. The van der Waals surface area contributed by atoms with Crippen LogP contribution in [0.4, 0.5) is 4.39 Å². The van der Waals surface area contributed by atoms with Gasteiger partial charge in [-0.05, 0) is 25.1 Å². The van der Waals surface area contributed by atoms with Crippen molar-refractivity contribution in [1.82, 2.24) is 9.97 Å². The molecule has 60 valence electrons. The normalized spacial score (nSPS) is 10.5. The van der Waals surface area contributed by atoms with Gasteiger partial charge in [0.2, 0.25) is 0 Å². The van der Waals surface area contributed by atoms with Crippen LogP contribution in [0.25, 0.3) is 11.0 Å². The average molecular weight is 162 g/mol. The van der Waals surface area contributed by atoms with Crippen molar-refractivity contribution in [3.8, 4) is 0 Å². The van der Waals surface area contributed by atoms with Crippen molar-refractivity contribution < 1.29 is 4.39 Å². The monoisotopic (exact) mass is 162 g/mol. The van der Waals surface area contributed by atoms with E-state index in [1.165, 1.54) is 12.3 Å². The van der Waals surface area contributed by atoms with E-state index in [0.717, 1.165) is 11.1 Å². The van der Waals surface area contributed by atoms with Gasteiger partial charge >= 0.3 is 0 Å². The van der Waals surface area contributed by atoms with Crippen molar-refractivity contribution in [2.24, 2.45) is 0 Å². The molecule has 0 aliphatic rings. The molecule has 0 bridgehead atoms. The van der Waals surface area contributed by atoms with Crippen molar-refractivity contribution in [1.29, 1.82) is 0 Å². The molecule has 2 aromatic rings. The summed E-state index contributed by atoms with van der Waals surface area (Å²) in [7, 11) is 0. The summed E-state index contributed by atoms with van der Waals surface area (Å²) in [5.74, 6) is -0.326. The Balaban J connectivity index is 2.79. The Bertz CT molecular complexity index is 385. The van der Waals surface area contributed by atoms with Crippen LogP contribution in [0.15, 0.2) is 24.4 Å². The fraction of sp³-hybridized carbons (Fsp3) is 0.111. The summed E-state index contributed by atoms with van der Waals surface area (Å²) in [5, 5.41) is 0.737. The van der Waals surface area contributed by atoms with Crippen molar-refractivity contribution in [2.45, 2.75) is 6.92 Å². The molecule has 0 saturated carbocycles. The number of aryl methyl sites for hydroxylation is 1. The minimum atomic E-state index is -0.326. The van der Waals surface area contributed by atoms with E-state index < -0.39 is 0 Å². The molecule has 2 rings (SSSR count). The van der Waals surface area contributed by atoms with E-state index in [2.05, 4.69) is 9.97 Å². The molecule has 0 fully saturated rings. The van der Waals surface area contributed by atoms with Gasteiger partial charge in [-0.2, -0.15) is 0 Å². The number of hydrogen-bond donors (Lipinski definition) is 0. The minimum absolute atomic E-state index is 0.326. The van der Waals surface area contributed by atoms with Crippen LogP contribution in [0.3, 0.4) is 0 Å². The summed E-state index contributed by atoms with van der Waals surface area (Å²) < 4.78 is 12.6. The minimum Gasteiger partial charge on any atom is -0.234 e. The molecule has 0 aliphatic carbocycles. The first-order valence-electron chi connectivity index (χ1n) is 3.64. The first kappa shape index (κ1) is 7.16. The lowest BCUT2D eigenvalue weighted by Crippen LogP contribution is -1.87. The van der Waals surface area contributed by atoms with Gasteiger partial charge in [-0.3, -0.25) is 0 Å². The first-order chi connectivity index (χ1) is 5.75. The van der Waals surface area contributed by atoms with Gasteiger partial charge in [0.25, 0.3) is 0 Å². The molecule has 0 aromatic carbocycles. The number of fused-ring (bicyclic) bond motifs is 1. The van der Waals surface area contributed by atoms with Gasteiger partial charge in [0.05, 0.1) is 6.20 Å². The van der Waals surface area contributed by atoms with Crippen LogP contribution in [0.5, 0.6) is 0 Å². The summed E-state index contributed by atoms with van der Waals surface area (Å²) in [6.07, 6.45) is 1.18. The van der Waals surface area contributed by atoms with E-state index in [9.17, 15) is 4.39 Å². The largest absolute Gasteiger partial charge is 0.234 e. The summed E-state index contributed by atoms with van der Waals surface area (Å²) >= 11 is 0. The second kappa shape index (κ2) is 2.52. The molecular weight excluding hydrogens is 155 g/mol. The number of nitrogens with zero attached hydrogens (tertiary/aromatic N) is 2. The Morgan fingerprint density at radius 2 is 2.17 bits per heavy atom. The van der Waals surface area contributed by atoms with E-state index in [0.29, 0.717) is 5.65 Å². The van der Waals surface area contributed by atoms with Gasteiger partial charge in [-0.25, -0.2) is 14.4 Å². The van der Waals surface area contributed by atoms with Crippen LogP contribution in [-0.2, 0) is 0 Å². The van der Waals surface area contributed by atoms with Gasteiger partial charge in [0.1, 0.15) is 5.82 Å². The smallest absolute Gasteiger partial charge is 0.159 e. The lowest BCUT2D eigenvalue weighted by Gasteiger charge is -1.96. The average Bonchev–Trinajstić information content (AvgIpc) is 2.05. The second-order valence-corrected chi connectivity index (χ2v) is 2.65. The molecule has 0 saturated heterocycles. The maximum atomic E-state index is 12.6. The van der Waals surface area contributed by atoms with Gasteiger partial charge in [-0.15, -0.1) is 0 Å². The zero-order valence-electron chi connectivity index (χ0n) is 6.58. The maximum Gasteiger partial charge on any atom is 0.159 e. The molecule has 0 aliphatic heterocycles. The molecule has 0 N–H and O–H groups in total. The third kappa shape index (κ3) is 1.13. The SMILES string of the molecule is Cc1ccc2cc(F)cnc2n1. The third-order valence-corrected chi connectivity index (χ3v) is 1.65. The molecule has 0 unspecified atom stereocenters. The molecule has 2 heterocycles. The lowest BCUT2D eigenvalue weighted by molar-refractivity contribution is 0.624. The van der Waals surface area contributed by atoms with E-state index >= 15 is 0 Å². The topological polar surface area (TPSA) is 25.8 Å². The summed E-state index contributed by atoms with van der Waals surface area (Å²) in [6, 6.07) is 5.08. The van der Waals surface area contributed by atoms with Gasteiger partial charge in [0.15, 0.2) is 5.65 Å². The Morgan fingerprint density at radius 1 is 1.33 bits per heavy atom. The van der Waals surface area contributed by atoms with Crippen LogP contribution >= 0.6 is 0 Å². The highest BCUT2D eigenvalue weighted by atomic mass is 19.1. The molecule has 2 aromatic heterocycles. The Hall–Kier alpha value is -1.51. The van der Waals surface area contributed by atoms with Crippen LogP contribution in [-0.4, -0.2) is 9.97 Å². The maximum absolute atomic E-state index is 12.6. The second-order valence-electron chi connectivity index (χ2n) is 2.65. The Labute approximate surface area is 69.1 Å². The van der Waals surface area contributed by atoms with Crippen LogP contribution in [0.2, 0.25) is 0 Å². The molecule has 12 heavy (non-hydrogen) atoms. The molecule has 3 heteroatoms. The zero-order chi connectivity index (χ0) is 8.55. The fourth-order valence-corrected chi connectivity index (χ4v) is 1.08. The van der Waals surface area contributed by atoms with E-state index in [-0.39, 0.29) is 5.82 Å². The highest BCUT2D eigenvalue weighted by molar-refractivity contribution is 5.74. The molecule has 0 atom stereocenters. The van der Waals surface area contributed by atoms with Gasteiger partial charge in [-0.1, -0.05) is 0 Å². The molecular formula is C9H7FN2. The highest BCUT2D eigenvalue weighted by Gasteiger charge is 1.97. The molecule has 0 radical (unpaired) electrons. The number of rotatable bonds is 0. The predicted molar refractivity (Wildman–Crippen MR) is 44.2 cm³/mol. The van der Waals surface area contributed by atoms with Gasteiger partial charge < -0.3 is 0 Å². The number of hydrogen-bond acceptors (Lipinski definition) is 2. The summed E-state index contributed by atoms with van der Waals surface area (Å²) in [4.78, 5) is 7.99. The molecule has 0 spiro atoms. The summed E-state index contributed by atoms with van der Waals surface area (Å²) in [5.41, 5.74) is 1.48. The number of aromatic nitrogens is 2. The first-order valence-corrected chi connectivity index (χ1v) is 3.64. The van der Waals surface area contributed by atoms with Gasteiger partial charge in [0, 0.05) is 11.1 Å². The van der Waals surface area contributed by atoms with E-state index in [1.54, 1.807) is 0 Å². The van der Waals surface area contributed by atoms with Crippen molar-refractivity contribution in [3.63, 3.8) is 0 Å². The standard InChI is InChI=1S/C9H7FN2/c1-6-2-3-7-4-8(10)5-11-9(7)12-6/h2-5H,1H3. The third-order valence-electron chi connectivity index (χ3n) is 1.65. The Kier molecular flexibility index (Phi) is 1.50. The van der Waals surface area contributed by atoms with E-state index in [4.69, 9.17) is 0 Å². The van der Waals surface area contributed by atoms with E-state index in [1.807, 2.05) is 19.1 Å². The molecule has 0 amide bonds. The van der Waals surface area contributed by atoms with Crippen LogP contribution < -0.4 is 0 Å². The van der Waals surface area contributed by atoms with Crippen molar-refractivity contribution in [2.75, 3.05) is 0 Å². The number of halogens is 1. The molecule has 2 nitrogen and oxygen atoms in total. The van der Waals surface area contributed by atoms with Crippen molar-refractivity contribution >= 4 is 11.0 Å². The Morgan fingerprint density at radius 3 is 3.00 bits per heavy atom. The summed E-state index contributed by atoms with van der Waals surface area (Å²) in [6.45, 7) is 1.88. The van der Waals surface area contributed by atoms with Crippen LogP contribution in [0.1, 0.15) is 5.69 Å². The van der Waals surface area contributed by atoms with Crippen molar-refractivity contribution in [3.05, 3.63) is 35.9 Å².